The van der Waals surface area contributed by atoms with Gasteiger partial charge in [0.2, 0.25) is 5.91 Å². The number of likely N-dealkylation sites (N-methyl/N-ethyl adjacent to an activating group) is 1. The fourth-order valence-electron chi connectivity index (χ4n) is 2.85. The SMILES string of the molecule is CN1CCN(C(=O)c2cccc(NC(=O)[C@@H]3CCCO3)c2)CC1=O. The Morgan fingerprint density at radius 3 is 2.83 bits per heavy atom. The Morgan fingerprint density at radius 2 is 2.12 bits per heavy atom. The summed E-state index contributed by atoms with van der Waals surface area (Å²) in [7, 11) is 1.73. The predicted octanol–water partition coefficient (Wildman–Crippen LogP) is 0.718. The Kier molecular flexibility index (Phi) is 4.80. The summed E-state index contributed by atoms with van der Waals surface area (Å²) < 4.78 is 5.35. The highest BCUT2D eigenvalue weighted by Gasteiger charge is 2.26. The lowest BCUT2D eigenvalue weighted by molar-refractivity contribution is -0.133. The lowest BCUT2D eigenvalue weighted by atomic mass is 10.1. The molecule has 2 saturated heterocycles. The maximum absolute atomic E-state index is 12.6. The molecule has 1 aromatic rings. The van der Waals surface area contributed by atoms with Crippen molar-refractivity contribution in [3.63, 3.8) is 0 Å². The van der Waals surface area contributed by atoms with Gasteiger partial charge in [0, 0.05) is 38.0 Å². The van der Waals surface area contributed by atoms with Crippen LogP contribution in [0, 0.1) is 0 Å². The van der Waals surface area contributed by atoms with Crippen molar-refractivity contribution in [1.29, 1.82) is 0 Å². The molecule has 128 valence electrons. The summed E-state index contributed by atoms with van der Waals surface area (Å²) in [5, 5.41) is 2.79. The molecule has 1 aromatic carbocycles. The average Bonchev–Trinajstić information content (AvgIpc) is 3.12. The number of rotatable bonds is 3. The minimum Gasteiger partial charge on any atom is -0.368 e. The molecule has 2 heterocycles. The molecular formula is C17H21N3O4. The standard InChI is InChI=1S/C17H21N3O4/c1-19-7-8-20(11-15(19)21)17(23)12-4-2-5-13(10-12)18-16(22)14-6-3-9-24-14/h2,4-5,10,14H,3,6-9,11H2,1H3,(H,18,22)/t14-/m0/s1. The first kappa shape index (κ1) is 16.4. The van der Waals surface area contributed by atoms with Gasteiger partial charge in [-0.3, -0.25) is 14.4 Å². The third-order valence-corrected chi connectivity index (χ3v) is 4.34. The van der Waals surface area contributed by atoms with Gasteiger partial charge in [0.1, 0.15) is 12.6 Å². The van der Waals surface area contributed by atoms with Gasteiger partial charge in [-0.15, -0.1) is 0 Å². The summed E-state index contributed by atoms with van der Waals surface area (Å²) >= 11 is 0. The highest BCUT2D eigenvalue weighted by atomic mass is 16.5. The fraction of sp³-hybridized carbons (Fsp3) is 0.471. The van der Waals surface area contributed by atoms with Crippen LogP contribution >= 0.6 is 0 Å². The lowest BCUT2D eigenvalue weighted by Crippen LogP contribution is -2.50. The quantitative estimate of drug-likeness (QED) is 0.885. The largest absolute Gasteiger partial charge is 0.368 e. The molecular weight excluding hydrogens is 310 g/mol. The highest BCUT2D eigenvalue weighted by Crippen LogP contribution is 2.17. The number of carbonyl (C=O) groups is 3. The monoisotopic (exact) mass is 331 g/mol. The van der Waals surface area contributed by atoms with E-state index >= 15 is 0 Å². The second-order valence-electron chi connectivity index (χ2n) is 6.11. The van der Waals surface area contributed by atoms with Gasteiger partial charge in [-0.2, -0.15) is 0 Å². The van der Waals surface area contributed by atoms with E-state index in [0.717, 1.165) is 6.42 Å². The van der Waals surface area contributed by atoms with Crippen molar-refractivity contribution in [2.75, 3.05) is 38.6 Å². The smallest absolute Gasteiger partial charge is 0.254 e. The van der Waals surface area contributed by atoms with Crippen LogP contribution in [-0.2, 0) is 14.3 Å². The highest BCUT2D eigenvalue weighted by molar-refractivity contribution is 5.99. The number of hydrogen-bond donors (Lipinski definition) is 1. The number of nitrogens with zero attached hydrogens (tertiary/aromatic N) is 2. The molecule has 1 N–H and O–H groups in total. The van der Waals surface area contributed by atoms with E-state index in [1.807, 2.05) is 0 Å². The number of ether oxygens (including phenoxy) is 1. The minimum absolute atomic E-state index is 0.0718. The van der Waals surface area contributed by atoms with Crippen LogP contribution in [0.25, 0.3) is 0 Å². The minimum atomic E-state index is -0.417. The van der Waals surface area contributed by atoms with Gasteiger partial charge in [0.25, 0.3) is 11.8 Å². The number of amides is 3. The zero-order chi connectivity index (χ0) is 17.1. The summed E-state index contributed by atoms with van der Waals surface area (Å²) in [5.41, 5.74) is 1.01. The number of benzene rings is 1. The van der Waals surface area contributed by atoms with Crippen molar-refractivity contribution in [3.8, 4) is 0 Å². The van der Waals surface area contributed by atoms with Crippen LogP contribution in [0.4, 0.5) is 5.69 Å². The molecule has 7 heteroatoms. The van der Waals surface area contributed by atoms with Crippen LogP contribution in [0.15, 0.2) is 24.3 Å². The van der Waals surface area contributed by atoms with Crippen molar-refractivity contribution in [2.45, 2.75) is 18.9 Å². The van der Waals surface area contributed by atoms with Crippen molar-refractivity contribution in [2.24, 2.45) is 0 Å². The maximum atomic E-state index is 12.6. The second-order valence-corrected chi connectivity index (χ2v) is 6.11. The first-order valence-corrected chi connectivity index (χ1v) is 8.10. The summed E-state index contributed by atoms with van der Waals surface area (Å²) in [5.74, 6) is -0.464. The number of carbonyl (C=O) groups excluding carboxylic acids is 3. The number of piperazine rings is 1. The number of anilines is 1. The van der Waals surface area contributed by atoms with E-state index in [1.54, 1.807) is 36.2 Å². The van der Waals surface area contributed by atoms with E-state index in [-0.39, 0.29) is 24.3 Å². The third kappa shape index (κ3) is 3.56. The van der Waals surface area contributed by atoms with Gasteiger partial charge in [0.15, 0.2) is 0 Å². The predicted molar refractivity (Wildman–Crippen MR) is 87.6 cm³/mol. The van der Waals surface area contributed by atoms with Gasteiger partial charge >= 0.3 is 0 Å². The molecule has 0 unspecified atom stereocenters. The number of nitrogens with one attached hydrogen (secondary N) is 1. The van der Waals surface area contributed by atoms with Crippen molar-refractivity contribution < 1.29 is 19.1 Å². The Morgan fingerprint density at radius 1 is 1.29 bits per heavy atom. The fourth-order valence-corrected chi connectivity index (χ4v) is 2.85. The van der Waals surface area contributed by atoms with Crippen molar-refractivity contribution in [1.82, 2.24) is 9.80 Å². The van der Waals surface area contributed by atoms with Crippen LogP contribution in [0.2, 0.25) is 0 Å². The molecule has 0 spiro atoms. The van der Waals surface area contributed by atoms with Gasteiger partial charge in [-0.1, -0.05) is 6.07 Å². The van der Waals surface area contributed by atoms with Gasteiger partial charge in [0.05, 0.1) is 0 Å². The van der Waals surface area contributed by atoms with E-state index in [9.17, 15) is 14.4 Å². The van der Waals surface area contributed by atoms with Crippen LogP contribution in [0.5, 0.6) is 0 Å². The summed E-state index contributed by atoms with van der Waals surface area (Å²) in [4.78, 5) is 39.6. The molecule has 3 amide bonds. The molecule has 0 aromatic heterocycles. The molecule has 0 saturated carbocycles. The van der Waals surface area contributed by atoms with Gasteiger partial charge in [-0.25, -0.2) is 0 Å². The average molecular weight is 331 g/mol. The zero-order valence-corrected chi connectivity index (χ0v) is 13.7. The molecule has 24 heavy (non-hydrogen) atoms. The molecule has 2 fully saturated rings. The van der Waals surface area contributed by atoms with Crippen LogP contribution in [0.3, 0.4) is 0 Å². The molecule has 0 radical (unpaired) electrons. The van der Waals surface area contributed by atoms with Crippen LogP contribution in [-0.4, -0.2) is 66.9 Å². The lowest BCUT2D eigenvalue weighted by Gasteiger charge is -2.32. The maximum Gasteiger partial charge on any atom is 0.254 e. The zero-order valence-electron chi connectivity index (χ0n) is 13.7. The second kappa shape index (κ2) is 7.00. The van der Waals surface area contributed by atoms with E-state index in [1.165, 1.54) is 4.90 Å². The first-order chi connectivity index (χ1) is 11.5. The van der Waals surface area contributed by atoms with Crippen molar-refractivity contribution in [3.05, 3.63) is 29.8 Å². The molecule has 0 aliphatic carbocycles. The third-order valence-electron chi connectivity index (χ3n) is 4.34. The summed E-state index contributed by atoms with van der Waals surface area (Å²) in [6.45, 7) is 1.73. The van der Waals surface area contributed by atoms with E-state index < -0.39 is 6.10 Å². The molecule has 3 rings (SSSR count). The molecule has 0 bridgehead atoms. The molecule has 7 nitrogen and oxygen atoms in total. The van der Waals surface area contributed by atoms with Crippen LogP contribution < -0.4 is 5.32 Å². The summed E-state index contributed by atoms with van der Waals surface area (Å²) in [6, 6.07) is 6.78. The Bertz CT molecular complexity index is 655. The first-order valence-electron chi connectivity index (χ1n) is 8.10. The normalized spacial score (nSPS) is 21.0. The molecule has 2 aliphatic heterocycles. The number of hydrogen-bond acceptors (Lipinski definition) is 4. The Labute approximate surface area is 140 Å². The van der Waals surface area contributed by atoms with Gasteiger partial charge in [-0.05, 0) is 31.0 Å². The van der Waals surface area contributed by atoms with Crippen molar-refractivity contribution >= 4 is 23.4 Å². The van der Waals surface area contributed by atoms with Gasteiger partial charge < -0.3 is 19.9 Å². The van der Waals surface area contributed by atoms with Crippen LogP contribution in [0.1, 0.15) is 23.2 Å². The van der Waals surface area contributed by atoms with E-state index in [4.69, 9.17) is 4.74 Å². The van der Waals surface area contributed by atoms with E-state index in [0.29, 0.717) is 37.4 Å². The Hall–Kier alpha value is -2.41. The molecule has 2 aliphatic rings. The molecule has 1 atom stereocenters. The summed E-state index contributed by atoms with van der Waals surface area (Å²) in [6.07, 6.45) is 1.18. The Balaban J connectivity index is 1.67. The van der Waals surface area contributed by atoms with E-state index in [2.05, 4.69) is 5.32 Å². The topological polar surface area (TPSA) is 78.9 Å².